The normalized spacial score (nSPS) is 21.0. The van der Waals surface area contributed by atoms with Gasteiger partial charge in [-0.2, -0.15) is 0 Å². The molecule has 2 aliphatic rings. The van der Waals surface area contributed by atoms with Gasteiger partial charge in [0, 0.05) is 31.9 Å². The van der Waals surface area contributed by atoms with Crippen molar-refractivity contribution in [2.24, 2.45) is 0 Å². The monoisotopic (exact) mass is 375 g/mol. The molecule has 2 heterocycles. The van der Waals surface area contributed by atoms with Crippen LogP contribution in [0.15, 0.2) is 18.2 Å². The summed E-state index contributed by atoms with van der Waals surface area (Å²) in [5.41, 5.74) is 1.95. The van der Waals surface area contributed by atoms with E-state index in [4.69, 9.17) is 9.47 Å². The lowest BCUT2D eigenvalue weighted by Gasteiger charge is -2.27. The zero-order chi connectivity index (χ0) is 19.2. The molecule has 0 spiro atoms. The number of likely N-dealkylation sites (tertiary alicyclic amines) is 1. The van der Waals surface area contributed by atoms with Gasteiger partial charge in [-0.15, -0.1) is 0 Å². The number of hydrogen-bond donors (Lipinski definition) is 1. The number of carbonyl (C=O) groups is 2. The van der Waals surface area contributed by atoms with E-state index in [9.17, 15) is 9.59 Å². The first-order valence-electron chi connectivity index (χ1n) is 9.65. The number of benzene rings is 1. The van der Waals surface area contributed by atoms with Gasteiger partial charge in [-0.3, -0.25) is 0 Å². The van der Waals surface area contributed by atoms with Crippen molar-refractivity contribution in [3.05, 3.63) is 29.3 Å². The van der Waals surface area contributed by atoms with E-state index in [-0.39, 0.29) is 12.1 Å². The maximum Gasteiger partial charge on any atom is 0.337 e. The minimum Gasteiger partial charge on any atom is -0.465 e. The average molecular weight is 375 g/mol. The third-order valence-electron chi connectivity index (χ3n) is 5.20. The zero-order valence-corrected chi connectivity index (χ0v) is 16.2. The number of aryl methyl sites for hydroxylation is 1. The van der Waals surface area contributed by atoms with E-state index in [1.165, 1.54) is 20.0 Å². The van der Waals surface area contributed by atoms with Crippen LogP contribution in [0.1, 0.15) is 35.2 Å². The molecule has 2 fully saturated rings. The summed E-state index contributed by atoms with van der Waals surface area (Å²) in [6, 6.07) is 5.01. The third-order valence-corrected chi connectivity index (χ3v) is 5.20. The summed E-state index contributed by atoms with van der Waals surface area (Å²) >= 11 is 0. The Morgan fingerprint density at radius 1 is 1.22 bits per heavy atom. The maximum absolute atomic E-state index is 12.8. The van der Waals surface area contributed by atoms with Crippen molar-refractivity contribution in [2.45, 2.75) is 32.3 Å². The summed E-state index contributed by atoms with van der Waals surface area (Å²) in [6.07, 6.45) is 3.35. The van der Waals surface area contributed by atoms with Crippen molar-refractivity contribution in [3.63, 3.8) is 0 Å². The highest BCUT2D eigenvalue weighted by molar-refractivity contribution is 5.94. The minimum atomic E-state index is -0.417. The molecule has 1 aromatic carbocycles. The molecule has 0 saturated carbocycles. The van der Waals surface area contributed by atoms with Crippen LogP contribution < -0.4 is 5.32 Å². The fourth-order valence-electron chi connectivity index (χ4n) is 3.64. The quantitative estimate of drug-likeness (QED) is 0.819. The topological polar surface area (TPSA) is 71.1 Å². The lowest BCUT2D eigenvalue weighted by Crippen LogP contribution is -2.43. The predicted molar refractivity (Wildman–Crippen MR) is 103 cm³/mol. The molecule has 0 radical (unpaired) electrons. The Bertz CT molecular complexity index is 673. The van der Waals surface area contributed by atoms with Gasteiger partial charge in [-0.05, 0) is 57.0 Å². The van der Waals surface area contributed by atoms with Crippen LogP contribution in [0.25, 0.3) is 0 Å². The van der Waals surface area contributed by atoms with Gasteiger partial charge in [-0.1, -0.05) is 6.07 Å². The van der Waals surface area contributed by atoms with E-state index in [1.54, 1.807) is 12.1 Å². The molecule has 3 rings (SSSR count). The minimum absolute atomic E-state index is 0.0406. The van der Waals surface area contributed by atoms with Crippen molar-refractivity contribution >= 4 is 17.7 Å². The van der Waals surface area contributed by atoms with E-state index < -0.39 is 5.97 Å². The SMILES string of the molecule is COC(=O)c1ccc(C)c(NC(=O)N2CCCO[C@H](CN3CCCC3)C2)c1. The number of esters is 1. The summed E-state index contributed by atoms with van der Waals surface area (Å²) in [6.45, 7) is 6.94. The number of nitrogens with zero attached hydrogens (tertiary/aromatic N) is 2. The lowest BCUT2D eigenvalue weighted by atomic mass is 10.1. The Morgan fingerprint density at radius 3 is 2.74 bits per heavy atom. The van der Waals surface area contributed by atoms with Gasteiger partial charge in [0.15, 0.2) is 0 Å². The Balaban J connectivity index is 1.64. The number of rotatable bonds is 4. The Labute approximate surface area is 160 Å². The second kappa shape index (κ2) is 9.19. The number of ether oxygens (including phenoxy) is 2. The van der Waals surface area contributed by atoms with Gasteiger partial charge in [0.25, 0.3) is 0 Å². The molecular weight excluding hydrogens is 346 g/mol. The summed E-state index contributed by atoms with van der Waals surface area (Å²) in [5.74, 6) is -0.417. The number of hydrogen-bond acceptors (Lipinski definition) is 5. The first kappa shape index (κ1) is 19.6. The highest BCUT2D eigenvalue weighted by Crippen LogP contribution is 2.19. The molecule has 148 valence electrons. The zero-order valence-electron chi connectivity index (χ0n) is 16.2. The van der Waals surface area contributed by atoms with E-state index in [0.717, 1.165) is 31.6 Å². The Kier molecular flexibility index (Phi) is 6.68. The van der Waals surface area contributed by atoms with Crippen LogP contribution in [0.3, 0.4) is 0 Å². The molecule has 2 amide bonds. The van der Waals surface area contributed by atoms with Gasteiger partial charge >= 0.3 is 12.0 Å². The summed E-state index contributed by atoms with van der Waals surface area (Å²) in [5, 5.41) is 2.95. The largest absolute Gasteiger partial charge is 0.465 e. The highest BCUT2D eigenvalue weighted by Gasteiger charge is 2.25. The molecule has 0 unspecified atom stereocenters. The fourth-order valence-corrected chi connectivity index (χ4v) is 3.64. The number of carbonyl (C=O) groups excluding carboxylic acids is 2. The van der Waals surface area contributed by atoms with Gasteiger partial charge in [0.2, 0.25) is 0 Å². The second-order valence-corrected chi connectivity index (χ2v) is 7.25. The van der Waals surface area contributed by atoms with Crippen LogP contribution in [-0.4, -0.2) is 74.3 Å². The van der Waals surface area contributed by atoms with Gasteiger partial charge < -0.3 is 24.6 Å². The molecule has 0 aromatic heterocycles. The molecule has 7 heteroatoms. The van der Waals surface area contributed by atoms with E-state index >= 15 is 0 Å². The smallest absolute Gasteiger partial charge is 0.337 e. The standard InChI is InChI=1S/C20H29N3O4/c1-15-6-7-16(19(24)26-2)12-18(15)21-20(25)23-10-5-11-27-17(14-23)13-22-8-3-4-9-22/h6-7,12,17H,3-5,8-11,13-14H2,1-2H3,(H,21,25)/t17-/m1/s1. The van der Waals surface area contributed by atoms with Crippen molar-refractivity contribution < 1.29 is 19.1 Å². The highest BCUT2D eigenvalue weighted by atomic mass is 16.5. The van der Waals surface area contributed by atoms with Crippen LogP contribution in [0, 0.1) is 6.92 Å². The van der Waals surface area contributed by atoms with Crippen molar-refractivity contribution in [1.29, 1.82) is 0 Å². The van der Waals surface area contributed by atoms with Crippen LogP contribution in [0.2, 0.25) is 0 Å². The average Bonchev–Trinajstić information content (AvgIpc) is 3.06. The molecule has 1 atom stereocenters. The molecule has 0 bridgehead atoms. The predicted octanol–water partition coefficient (Wildman–Crippen LogP) is 2.50. The van der Waals surface area contributed by atoms with Crippen molar-refractivity contribution in [3.8, 4) is 0 Å². The first-order valence-corrected chi connectivity index (χ1v) is 9.65. The molecule has 2 aliphatic heterocycles. The Morgan fingerprint density at radius 2 is 2.00 bits per heavy atom. The van der Waals surface area contributed by atoms with E-state index in [0.29, 0.717) is 30.9 Å². The van der Waals surface area contributed by atoms with Gasteiger partial charge in [-0.25, -0.2) is 9.59 Å². The number of methoxy groups -OCH3 is 1. The van der Waals surface area contributed by atoms with Gasteiger partial charge in [0.05, 0.1) is 18.8 Å². The number of amides is 2. The van der Waals surface area contributed by atoms with Crippen LogP contribution in [0.5, 0.6) is 0 Å². The van der Waals surface area contributed by atoms with Crippen LogP contribution >= 0.6 is 0 Å². The summed E-state index contributed by atoms with van der Waals surface area (Å²) in [4.78, 5) is 28.8. The molecule has 0 aliphatic carbocycles. The second-order valence-electron chi connectivity index (χ2n) is 7.25. The van der Waals surface area contributed by atoms with Gasteiger partial charge in [0.1, 0.15) is 0 Å². The molecule has 27 heavy (non-hydrogen) atoms. The first-order chi connectivity index (χ1) is 13.1. The van der Waals surface area contributed by atoms with E-state index in [2.05, 4.69) is 10.2 Å². The molecule has 1 aromatic rings. The lowest BCUT2D eigenvalue weighted by molar-refractivity contribution is 0.0355. The fraction of sp³-hybridized carbons (Fsp3) is 0.600. The molecule has 7 nitrogen and oxygen atoms in total. The van der Waals surface area contributed by atoms with Crippen LogP contribution in [0.4, 0.5) is 10.5 Å². The van der Waals surface area contributed by atoms with Crippen molar-refractivity contribution in [2.75, 3.05) is 51.8 Å². The van der Waals surface area contributed by atoms with Crippen LogP contribution in [-0.2, 0) is 9.47 Å². The maximum atomic E-state index is 12.8. The number of urea groups is 1. The summed E-state index contributed by atoms with van der Waals surface area (Å²) < 4.78 is 10.7. The molecular formula is C20H29N3O4. The summed E-state index contributed by atoms with van der Waals surface area (Å²) in [7, 11) is 1.35. The number of anilines is 1. The number of nitrogens with one attached hydrogen (secondary N) is 1. The Hall–Kier alpha value is -2.12. The molecule has 1 N–H and O–H groups in total. The molecule has 2 saturated heterocycles. The van der Waals surface area contributed by atoms with Crippen molar-refractivity contribution in [1.82, 2.24) is 9.80 Å². The van der Waals surface area contributed by atoms with E-state index in [1.807, 2.05) is 17.9 Å². The third kappa shape index (κ3) is 5.20.